The molecule has 0 bridgehead atoms. The summed E-state index contributed by atoms with van der Waals surface area (Å²) in [5, 5.41) is 3.86. The molecule has 138 valence electrons. The molecule has 0 spiro atoms. The molecule has 0 saturated carbocycles. The van der Waals surface area contributed by atoms with Crippen molar-refractivity contribution >= 4 is 40.5 Å². The summed E-state index contributed by atoms with van der Waals surface area (Å²) >= 11 is 7.00. The summed E-state index contributed by atoms with van der Waals surface area (Å²) in [6.45, 7) is 3.23. The number of benzene rings is 1. The first-order valence-corrected chi connectivity index (χ1v) is 9.29. The molecule has 6 nitrogen and oxygen atoms in total. The molecule has 0 saturated heterocycles. The Morgan fingerprint density at radius 3 is 2.59 bits per heavy atom. The van der Waals surface area contributed by atoms with E-state index in [0.717, 1.165) is 0 Å². The zero-order valence-corrected chi connectivity index (χ0v) is 16.2. The van der Waals surface area contributed by atoms with E-state index in [1.807, 2.05) is 12.1 Å². The predicted molar refractivity (Wildman–Crippen MR) is 105 cm³/mol. The molecule has 0 aliphatic heterocycles. The number of aromatic nitrogens is 2. The number of hydrogen-bond acceptors (Lipinski definition) is 6. The quantitative estimate of drug-likeness (QED) is 0.643. The van der Waals surface area contributed by atoms with Crippen molar-refractivity contribution in [1.29, 1.82) is 0 Å². The third-order valence-electron chi connectivity index (χ3n) is 3.63. The summed E-state index contributed by atoms with van der Waals surface area (Å²) < 4.78 is 5.30. The number of anilines is 1. The molecule has 1 aromatic carbocycles. The number of nitrogens with one attached hydrogen (secondary N) is 1. The van der Waals surface area contributed by atoms with Crippen LogP contribution in [-0.4, -0.2) is 27.9 Å². The van der Waals surface area contributed by atoms with Crippen LogP contribution in [0.3, 0.4) is 0 Å². The van der Waals surface area contributed by atoms with Crippen molar-refractivity contribution < 1.29 is 14.3 Å². The number of aryl methyl sites for hydroxylation is 1. The first-order chi connectivity index (χ1) is 12.9. The highest BCUT2D eigenvalue weighted by molar-refractivity contribution is 7.17. The monoisotopic (exact) mass is 401 g/mol. The first-order valence-electron chi connectivity index (χ1n) is 8.10. The number of thiazole rings is 1. The van der Waals surface area contributed by atoms with E-state index in [1.54, 1.807) is 43.5 Å². The van der Waals surface area contributed by atoms with Crippen LogP contribution < -0.4 is 5.32 Å². The number of halogens is 1. The number of ether oxygens (including phenoxy) is 1. The summed E-state index contributed by atoms with van der Waals surface area (Å²) in [7, 11) is 0. The van der Waals surface area contributed by atoms with Gasteiger partial charge < -0.3 is 10.1 Å². The van der Waals surface area contributed by atoms with Crippen LogP contribution in [0.4, 0.5) is 5.69 Å². The van der Waals surface area contributed by atoms with Crippen LogP contribution in [0, 0.1) is 6.92 Å². The predicted octanol–water partition coefficient (Wildman–Crippen LogP) is 4.35. The van der Waals surface area contributed by atoms with E-state index in [9.17, 15) is 9.59 Å². The summed E-state index contributed by atoms with van der Waals surface area (Å²) in [5.74, 6) is -1.02. The topological polar surface area (TPSA) is 81.2 Å². The van der Waals surface area contributed by atoms with Crippen LogP contribution in [0.15, 0.2) is 48.7 Å². The fourth-order valence-electron chi connectivity index (χ4n) is 2.23. The Morgan fingerprint density at radius 2 is 1.93 bits per heavy atom. The van der Waals surface area contributed by atoms with Gasteiger partial charge in [0.1, 0.15) is 9.88 Å². The van der Waals surface area contributed by atoms with E-state index in [-0.39, 0.29) is 0 Å². The fourth-order valence-corrected chi connectivity index (χ4v) is 3.28. The molecule has 0 aliphatic rings. The summed E-state index contributed by atoms with van der Waals surface area (Å²) in [5.41, 5.74) is 1.79. The van der Waals surface area contributed by atoms with Gasteiger partial charge in [-0.1, -0.05) is 17.7 Å². The van der Waals surface area contributed by atoms with Gasteiger partial charge in [0.2, 0.25) is 0 Å². The molecule has 2 heterocycles. The minimum atomic E-state index is -0.965. The van der Waals surface area contributed by atoms with E-state index in [1.165, 1.54) is 18.3 Å². The third kappa shape index (κ3) is 4.69. The van der Waals surface area contributed by atoms with Gasteiger partial charge in [-0.3, -0.25) is 9.78 Å². The fraction of sp³-hybridized carbons (Fsp3) is 0.158. The van der Waals surface area contributed by atoms with E-state index in [4.69, 9.17) is 16.3 Å². The molecular weight excluding hydrogens is 386 g/mol. The Kier molecular flexibility index (Phi) is 5.83. The number of hydrogen-bond donors (Lipinski definition) is 1. The summed E-state index contributed by atoms with van der Waals surface area (Å²) in [6, 6.07) is 12.1. The van der Waals surface area contributed by atoms with E-state index >= 15 is 0 Å². The highest BCUT2D eigenvalue weighted by Gasteiger charge is 2.23. The molecule has 2 aromatic heterocycles. The van der Waals surface area contributed by atoms with Crippen LogP contribution >= 0.6 is 22.9 Å². The Hall–Kier alpha value is -2.77. The van der Waals surface area contributed by atoms with Gasteiger partial charge in [0, 0.05) is 16.9 Å². The maximum Gasteiger partial charge on any atom is 0.351 e. The normalized spacial score (nSPS) is 11.7. The van der Waals surface area contributed by atoms with Gasteiger partial charge in [-0.25, -0.2) is 9.78 Å². The average molecular weight is 402 g/mol. The van der Waals surface area contributed by atoms with Crippen molar-refractivity contribution in [2.24, 2.45) is 0 Å². The van der Waals surface area contributed by atoms with Gasteiger partial charge in [0.15, 0.2) is 6.10 Å². The number of rotatable bonds is 5. The lowest BCUT2D eigenvalue weighted by atomic mass is 10.3. The van der Waals surface area contributed by atoms with Crippen molar-refractivity contribution in [3.8, 4) is 10.7 Å². The highest BCUT2D eigenvalue weighted by Crippen LogP contribution is 2.27. The van der Waals surface area contributed by atoms with Crippen molar-refractivity contribution in [2.75, 3.05) is 5.32 Å². The zero-order valence-electron chi connectivity index (χ0n) is 14.6. The standard InChI is InChI=1S/C19H16ClN3O3S/c1-11-16(27-18(22-11)15-5-3-4-10-21-15)19(25)26-12(2)17(24)23-14-8-6-13(20)7-9-14/h3-10,12H,1-2H3,(H,23,24)/t12-/m1/s1. The van der Waals surface area contributed by atoms with E-state index < -0.39 is 18.0 Å². The number of amides is 1. The molecule has 3 rings (SSSR count). The lowest BCUT2D eigenvalue weighted by Crippen LogP contribution is -2.29. The van der Waals surface area contributed by atoms with Gasteiger partial charge >= 0.3 is 5.97 Å². The zero-order chi connectivity index (χ0) is 19.4. The lowest BCUT2D eigenvalue weighted by Gasteiger charge is -2.13. The number of carbonyl (C=O) groups excluding carboxylic acids is 2. The highest BCUT2D eigenvalue weighted by atomic mass is 35.5. The number of carbonyl (C=O) groups is 2. The Balaban J connectivity index is 1.67. The summed E-state index contributed by atoms with van der Waals surface area (Å²) in [6.07, 6.45) is 0.695. The molecule has 0 radical (unpaired) electrons. The van der Waals surface area contributed by atoms with Crippen molar-refractivity contribution in [2.45, 2.75) is 20.0 Å². The van der Waals surface area contributed by atoms with Gasteiger partial charge in [-0.2, -0.15) is 0 Å². The van der Waals surface area contributed by atoms with Crippen molar-refractivity contribution in [1.82, 2.24) is 9.97 Å². The molecule has 1 atom stereocenters. The minimum Gasteiger partial charge on any atom is -0.448 e. The molecule has 3 aromatic rings. The second-order valence-corrected chi connectivity index (χ2v) is 7.13. The maximum absolute atomic E-state index is 12.5. The van der Waals surface area contributed by atoms with Crippen LogP contribution in [0.1, 0.15) is 22.3 Å². The molecular formula is C19H16ClN3O3S. The second-order valence-electron chi connectivity index (χ2n) is 5.69. The average Bonchev–Trinajstić information content (AvgIpc) is 3.06. The molecule has 0 aliphatic carbocycles. The van der Waals surface area contributed by atoms with Crippen LogP contribution in [0.2, 0.25) is 5.02 Å². The van der Waals surface area contributed by atoms with Crippen LogP contribution in [0.25, 0.3) is 10.7 Å². The molecule has 27 heavy (non-hydrogen) atoms. The minimum absolute atomic E-state index is 0.349. The Morgan fingerprint density at radius 1 is 1.19 bits per heavy atom. The molecule has 1 amide bonds. The number of nitrogens with zero attached hydrogens (tertiary/aromatic N) is 2. The molecule has 1 N–H and O–H groups in total. The van der Waals surface area contributed by atoms with Crippen molar-refractivity contribution in [3.05, 3.63) is 64.3 Å². The first kappa shape index (κ1) is 19.0. The van der Waals surface area contributed by atoms with E-state index in [2.05, 4.69) is 15.3 Å². The van der Waals surface area contributed by atoms with Gasteiger partial charge in [-0.05, 0) is 50.2 Å². The number of esters is 1. The molecule has 0 fully saturated rings. The maximum atomic E-state index is 12.5. The Labute approximate surface area is 165 Å². The smallest absolute Gasteiger partial charge is 0.351 e. The SMILES string of the molecule is Cc1nc(-c2ccccn2)sc1C(=O)O[C@H](C)C(=O)Nc1ccc(Cl)cc1. The molecule has 0 unspecified atom stereocenters. The lowest BCUT2D eigenvalue weighted by molar-refractivity contribution is -0.123. The van der Waals surface area contributed by atoms with Crippen LogP contribution in [-0.2, 0) is 9.53 Å². The van der Waals surface area contributed by atoms with Crippen molar-refractivity contribution in [3.63, 3.8) is 0 Å². The van der Waals surface area contributed by atoms with E-state index in [0.29, 0.717) is 32.0 Å². The van der Waals surface area contributed by atoms with Crippen LogP contribution in [0.5, 0.6) is 0 Å². The second kappa shape index (κ2) is 8.28. The van der Waals surface area contributed by atoms with Gasteiger partial charge in [-0.15, -0.1) is 11.3 Å². The Bertz CT molecular complexity index is 958. The largest absolute Gasteiger partial charge is 0.448 e. The third-order valence-corrected chi connectivity index (χ3v) is 5.04. The summed E-state index contributed by atoms with van der Waals surface area (Å²) in [4.78, 5) is 33.6. The number of pyridine rings is 1. The van der Waals surface area contributed by atoms with Gasteiger partial charge in [0.05, 0.1) is 11.4 Å². The van der Waals surface area contributed by atoms with Gasteiger partial charge in [0.25, 0.3) is 5.91 Å². The molecule has 8 heteroatoms.